The van der Waals surface area contributed by atoms with Gasteiger partial charge >= 0.3 is 0 Å². The van der Waals surface area contributed by atoms with Gasteiger partial charge in [0.25, 0.3) is 5.91 Å². The molecule has 0 fully saturated rings. The van der Waals surface area contributed by atoms with Crippen LogP contribution in [0.3, 0.4) is 0 Å². The molecule has 9 heteroatoms. The maximum absolute atomic E-state index is 14.3. The van der Waals surface area contributed by atoms with Crippen LogP contribution in [0.25, 0.3) is 5.69 Å². The van der Waals surface area contributed by atoms with Crippen LogP contribution in [0.1, 0.15) is 33.6 Å². The van der Waals surface area contributed by atoms with E-state index in [1.54, 1.807) is 43.1 Å². The summed E-state index contributed by atoms with van der Waals surface area (Å²) < 4.78 is 31.1. The first-order valence-corrected chi connectivity index (χ1v) is 9.74. The summed E-state index contributed by atoms with van der Waals surface area (Å²) in [7, 11) is 1.73. The fourth-order valence-electron chi connectivity index (χ4n) is 3.41. The highest BCUT2D eigenvalue weighted by atomic mass is 19.1. The van der Waals surface area contributed by atoms with Crippen molar-refractivity contribution in [3.8, 4) is 5.69 Å². The second kappa shape index (κ2) is 8.54. The van der Waals surface area contributed by atoms with Crippen LogP contribution in [0.5, 0.6) is 0 Å². The SMILES string of the molecule is Cc1cc(=O)c(C(=O)NC(c2cccc(F)c2)c2nccn2C)nn1-c1ccccc1F. The highest BCUT2D eigenvalue weighted by Crippen LogP contribution is 2.22. The molecule has 0 aliphatic carbocycles. The summed E-state index contributed by atoms with van der Waals surface area (Å²) in [6.45, 7) is 1.59. The van der Waals surface area contributed by atoms with Gasteiger partial charge in [0.05, 0.1) is 0 Å². The minimum Gasteiger partial charge on any atom is -0.336 e. The molecule has 4 aromatic rings. The maximum Gasteiger partial charge on any atom is 0.276 e. The molecule has 2 heterocycles. The molecule has 1 amide bonds. The number of hydrogen-bond donors (Lipinski definition) is 1. The molecular weight excluding hydrogens is 416 g/mol. The first-order valence-electron chi connectivity index (χ1n) is 9.74. The topological polar surface area (TPSA) is 81.8 Å². The smallest absolute Gasteiger partial charge is 0.276 e. The highest BCUT2D eigenvalue weighted by Gasteiger charge is 2.25. The van der Waals surface area contributed by atoms with Crippen molar-refractivity contribution in [2.24, 2.45) is 7.05 Å². The molecule has 162 valence electrons. The van der Waals surface area contributed by atoms with Crippen LogP contribution in [0.15, 0.2) is 71.8 Å². The molecular formula is C23H19F2N5O2. The summed E-state index contributed by atoms with van der Waals surface area (Å²) in [5, 5.41) is 6.84. The van der Waals surface area contributed by atoms with Crippen LogP contribution in [0.4, 0.5) is 8.78 Å². The number of carbonyl (C=O) groups excluding carboxylic acids is 1. The zero-order chi connectivity index (χ0) is 22.8. The minimum atomic E-state index is -0.845. The van der Waals surface area contributed by atoms with E-state index in [4.69, 9.17) is 0 Å². The van der Waals surface area contributed by atoms with Crippen molar-refractivity contribution < 1.29 is 13.6 Å². The summed E-state index contributed by atoms with van der Waals surface area (Å²) in [6.07, 6.45) is 3.23. The fourth-order valence-corrected chi connectivity index (χ4v) is 3.41. The number of hydrogen-bond acceptors (Lipinski definition) is 4. The molecule has 0 aliphatic rings. The van der Waals surface area contributed by atoms with E-state index in [0.717, 1.165) is 0 Å². The number of rotatable bonds is 5. The number of benzene rings is 2. The second-order valence-electron chi connectivity index (χ2n) is 7.22. The Morgan fingerprint density at radius 1 is 1.09 bits per heavy atom. The number of nitrogens with one attached hydrogen (secondary N) is 1. The molecule has 0 saturated heterocycles. The molecule has 0 bridgehead atoms. The molecule has 1 unspecified atom stereocenters. The lowest BCUT2D eigenvalue weighted by molar-refractivity contribution is 0.0933. The van der Waals surface area contributed by atoms with Crippen molar-refractivity contribution >= 4 is 5.91 Å². The predicted octanol–water partition coefficient (Wildman–Crippen LogP) is 3.07. The Labute approximate surface area is 182 Å². The van der Waals surface area contributed by atoms with E-state index in [0.29, 0.717) is 17.1 Å². The quantitative estimate of drug-likeness (QED) is 0.522. The van der Waals surface area contributed by atoms with Crippen LogP contribution in [0.2, 0.25) is 0 Å². The van der Waals surface area contributed by atoms with Gasteiger partial charge in [0.2, 0.25) is 5.43 Å². The van der Waals surface area contributed by atoms with E-state index >= 15 is 0 Å². The molecule has 1 N–H and O–H groups in total. The normalized spacial score (nSPS) is 11.9. The summed E-state index contributed by atoms with van der Waals surface area (Å²) in [6, 6.07) is 12.0. The zero-order valence-electron chi connectivity index (χ0n) is 17.3. The summed E-state index contributed by atoms with van der Waals surface area (Å²) in [5.74, 6) is -1.39. The van der Waals surface area contributed by atoms with Gasteiger partial charge in [0, 0.05) is 31.2 Å². The molecule has 1 atom stereocenters. The second-order valence-corrected chi connectivity index (χ2v) is 7.22. The number of amides is 1. The number of aromatic nitrogens is 4. The number of imidazole rings is 1. The van der Waals surface area contributed by atoms with E-state index in [9.17, 15) is 18.4 Å². The van der Waals surface area contributed by atoms with Gasteiger partial charge in [-0.25, -0.2) is 18.4 Å². The summed E-state index contributed by atoms with van der Waals surface area (Å²) in [4.78, 5) is 29.9. The Bertz CT molecular complexity index is 1360. The molecule has 2 aromatic heterocycles. The third-order valence-corrected chi connectivity index (χ3v) is 4.98. The lowest BCUT2D eigenvalue weighted by atomic mass is 10.1. The first-order chi connectivity index (χ1) is 15.3. The van der Waals surface area contributed by atoms with Gasteiger partial charge in [-0.3, -0.25) is 9.59 Å². The molecule has 32 heavy (non-hydrogen) atoms. The number of para-hydroxylation sites is 1. The van der Waals surface area contributed by atoms with Gasteiger partial charge in [-0.1, -0.05) is 24.3 Å². The largest absolute Gasteiger partial charge is 0.336 e. The molecule has 7 nitrogen and oxygen atoms in total. The van der Waals surface area contributed by atoms with E-state index in [1.165, 1.54) is 47.1 Å². The van der Waals surface area contributed by atoms with Gasteiger partial charge in [-0.05, 0) is 36.8 Å². The van der Waals surface area contributed by atoms with Crippen LogP contribution in [0, 0.1) is 18.6 Å². The van der Waals surface area contributed by atoms with Crippen molar-refractivity contribution in [1.29, 1.82) is 0 Å². The minimum absolute atomic E-state index is 0.102. The third kappa shape index (κ3) is 4.04. The lowest BCUT2D eigenvalue weighted by Crippen LogP contribution is -2.36. The van der Waals surface area contributed by atoms with Crippen LogP contribution >= 0.6 is 0 Å². The van der Waals surface area contributed by atoms with Gasteiger partial charge in [0.1, 0.15) is 29.2 Å². The summed E-state index contributed by atoms with van der Waals surface area (Å²) in [5.41, 5.74) is -0.138. The van der Waals surface area contributed by atoms with Crippen molar-refractivity contribution in [2.45, 2.75) is 13.0 Å². The Balaban J connectivity index is 1.76. The molecule has 0 spiro atoms. The Morgan fingerprint density at radius 2 is 1.88 bits per heavy atom. The van der Waals surface area contributed by atoms with Gasteiger partial charge in [-0.2, -0.15) is 5.10 Å². The number of nitrogens with zero attached hydrogens (tertiary/aromatic N) is 4. The Morgan fingerprint density at radius 3 is 2.56 bits per heavy atom. The summed E-state index contributed by atoms with van der Waals surface area (Å²) >= 11 is 0. The number of carbonyl (C=O) groups is 1. The molecule has 0 radical (unpaired) electrons. The number of halogens is 2. The van der Waals surface area contributed by atoms with Crippen molar-refractivity contribution in [1.82, 2.24) is 24.6 Å². The molecule has 0 aliphatic heterocycles. The fraction of sp³-hybridized carbons (Fsp3) is 0.130. The van der Waals surface area contributed by atoms with E-state index < -0.39 is 34.7 Å². The first kappa shape index (κ1) is 21.1. The van der Waals surface area contributed by atoms with Crippen LogP contribution in [-0.4, -0.2) is 25.2 Å². The molecule has 4 rings (SSSR count). The molecule has 2 aromatic carbocycles. The van der Waals surface area contributed by atoms with Crippen molar-refractivity contribution in [2.75, 3.05) is 0 Å². The Hall–Kier alpha value is -4.14. The lowest BCUT2D eigenvalue weighted by Gasteiger charge is -2.19. The van der Waals surface area contributed by atoms with E-state index in [2.05, 4.69) is 15.4 Å². The van der Waals surface area contributed by atoms with Gasteiger partial charge in [0.15, 0.2) is 5.69 Å². The average molecular weight is 435 g/mol. The van der Waals surface area contributed by atoms with Crippen LogP contribution in [-0.2, 0) is 7.05 Å². The molecule has 0 saturated carbocycles. The zero-order valence-corrected chi connectivity index (χ0v) is 17.3. The average Bonchev–Trinajstić information content (AvgIpc) is 3.18. The monoisotopic (exact) mass is 435 g/mol. The van der Waals surface area contributed by atoms with Crippen molar-refractivity contribution in [3.05, 3.63) is 112 Å². The maximum atomic E-state index is 14.3. The van der Waals surface area contributed by atoms with Gasteiger partial charge in [-0.15, -0.1) is 0 Å². The standard InChI is InChI=1S/C23H19F2N5O2/c1-14-12-19(31)21(28-30(14)18-9-4-3-8-17(18)25)23(32)27-20(22-26-10-11-29(22)2)15-6-5-7-16(24)13-15/h3-13,20H,1-2H3,(H,27,32). The third-order valence-electron chi connectivity index (χ3n) is 4.98. The van der Waals surface area contributed by atoms with E-state index in [1.807, 2.05) is 0 Å². The van der Waals surface area contributed by atoms with Crippen LogP contribution < -0.4 is 10.7 Å². The highest BCUT2D eigenvalue weighted by molar-refractivity contribution is 5.92. The predicted molar refractivity (Wildman–Crippen MR) is 113 cm³/mol. The van der Waals surface area contributed by atoms with Crippen molar-refractivity contribution in [3.63, 3.8) is 0 Å². The van der Waals surface area contributed by atoms with E-state index in [-0.39, 0.29) is 5.69 Å². The van der Waals surface area contributed by atoms with Gasteiger partial charge < -0.3 is 9.88 Å². The Kier molecular flexibility index (Phi) is 5.63. The number of aryl methyl sites for hydroxylation is 2.